The maximum absolute atomic E-state index is 11.7. The fourth-order valence-corrected chi connectivity index (χ4v) is 1.87. The molecule has 1 amide bonds. The summed E-state index contributed by atoms with van der Waals surface area (Å²) in [6.45, 7) is 3.94. The Hall–Kier alpha value is -2.50. The number of hydrogen-bond acceptors (Lipinski definition) is 5. The number of carbonyl (C=O) groups is 1. The molecule has 0 aliphatic heterocycles. The zero-order valence-corrected chi connectivity index (χ0v) is 11.3. The molecule has 0 unspecified atom stereocenters. The lowest BCUT2D eigenvalue weighted by molar-refractivity contribution is 0.0945. The SMILES string of the molecule is Cc1cc(C(=O)NCCc2cc(O)c(O)cc2C)no1. The number of carbonyl (C=O) groups excluding carboxylic acids is 1. The molecular weight excluding hydrogens is 260 g/mol. The summed E-state index contributed by atoms with van der Waals surface area (Å²) in [5, 5.41) is 25.1. The monoisotopic (exact) mass is 276 g/mol. The molecule has 0 aliphatic rings. The van der Waals surface area contributed by atoms with Gasteiger partial charge in [-0.25, -0.2) is 0 Å². The van der Waals surface area contributed by atoms with Crippen LogP contribution in [0.15, 0.2) is 22.7 Å². The first-order valence-electron chi connectivity index (χ1n) is 6.20. The van der Waals surface area contributed by atoms with Crippen LogP contribution in [0.3, 0.4) is 0 Å². The van der Waals surface area contributed by atoms with E-state index in [-0.39, 0.29) is 23.1 Å². The van der Waals surface area contributed by atoms with E-state index >= 15 is 0 Å². The number of phenolic OH excluding ortho intramolecular Hbond substituents is 2. The van der Waals surface area contributed by atoms with Crippen molar-refractivity contribution in [2.75, 3.05) is 6.54 Å². The molecule has 0 aliphatic carbocycles. The summed E-state index contributed by atoms with van der Waals surface area (Å²) in [6, 6.07) is 4.55. The first kappa shape index (κ1) is 13.9. The molecule has 106 valence electrons. The van der Waals surface area contributed by atoms with E-state index in [2.05, 4.69) is 10.5 Å². The normalized spacial score (nSPS) is 10.5. The van der Waals surface area contributed by atoms with Crippen molar-refractivity contribution < 1.29 is 19.5 Å². The summed E-state index contributed by atoms with van der Waals surface area (Å²) in [4.78, 5) is 11.7. The summed E-state index contributed by atoms with van der Waals surface area (Å²) in [5.41, 5.74) is 1.96. The van der Waals surface area contributed by atoms with Gasteiger partial charge in [-0.2, -0.15) is 0 Å². The molecule has 0 atom stereocenters. The summed E-state index contributed by atoms with van der Waals surface area (Å²) in [7, 11) is 0. The van der Waals surface area contributed by atoms with Gasteiger partial charge in [-0.1, -0.05) is 5.16 Å². The quantitative estimate of drug-likeness (QED) is 0.738. The molecule has 0 radical (unpaired) electrons. The molecule has 1 aromatic heterocycles. The fourth-order valence-electron chi connectivity index (χ4n) is 1.87. The summed E-state index contributed by atoms with van der Waals surface area (Å²) in [6.07, 6.45) is 0.544. The van der Waals surface area contributed by atoms with E-state index in [1.807, 2.05) is 6.92 Å². The Kier molecular flexibility index (Phi) is 3.93. The van der Waals surface area contributed by atoms with Crippen molar-refractivity contribution in [3.63, 3.8) is 0 Å². The van der Waals surface area contributed by atoms with Gasteiger partial charge in [-0.3, -0.25) is 4.79 Å². The topological polar surface area (TPSA) is 95.6 Å². The summed E-state index contributed by atoms with van der Waals surface area (Å²) < 4.78 is 4.83. The molecule has 3 N–H and O–H groups in total. The smallest absolute Gasteiger partial charge is 0.273 e. The van der Waals surface area contributed by atoms with Crippen LogP contribution in [0.4, 0.5) is 0 Å². The van der Waals surface area contributed by atoms with Crippen LogP contribution in [-0.2, 0) is 6.42 Å². The van der Waals surface area contributed by atoms with Gasteiger partial charge in [-0.05, 0) is 43.5 Å². The van der Waals surface area contributed by atoms with Gasteiger partial charge < -0.3 is 20.1 Å². The van der Waals surface area contributed by atoms with Crippen molar-refractivity contribution in [2.24, 2.45) is 0 Å². The Bertz CT molecular complexity index is 634. The van der Waals surface area contributed by atoms with Crippen molar-refractivity contribution in [1.82, 2.24) is 10.5 Å². The van der Waals surface area contributed by atoms with Crippen LogP contribution in [0.25, 0.3) is 0 Å². The molecule has 0 bridgehead atoms. The lowest BCUT2D eigenvalue weighted by Crippen LogP contribution is -2.26. The van der Waals surface area contributed by atoms with E-state index in [0.717, 1.165) is 11.1 Å². The lowest BCUT2D eigenvalue weighted by atomic mass is 10.0. The standard InChI is InChI=1S/C14H16N2O4/c1-8-5-12(17)13(18)7-10(8)3-4-15-14(19)11-6-9(2)20-16-11/h5-7,17-18H,3-4H2,1-2H3,(H,15,19). The zero-order valence-electron chi connectivity index (χ0n) is 11.3. The third kappa shape index (κ3) is 3.09. The van der Waals surface area contributed by atoms with Gasteiger partial charge in [0.2, 0.25) is 0 Å². The predicted molar refractivity (Wildman–Crippen MR) is 71.8 cm³/mol. The zero-order chi connectivity index (χ0) is 14.7. The number of nitrogens with zero attached hydrogens (tertiary/aromatic N) is 1. The van der Waals surface area contributed by atoms with E-state index in [1.54, 1.807) is 13.0 Å². The second-order valence-electron chi connectivity index (χ2n) is 4.60. The number of aryl methyl sites for hydroxylation is 2. The number of amides is 1. The summed E-state index contributed by atoms with van der Waals surface area (Å²) in [5.74, 6) is -0.0330. The van der Waals surface area contributed by atoms with Gasteiger partial charge in [-0.15, -0.1) is 0 Å². The third-order valence-corrected chi connectivity index (χ3v) is 2.97. The Morgan fingerprint density at radius 2 is 1.95 bits per heavy atom. The van der Waals surface area contributed by atoms with Gasteiger partial charge in [0.1, 0.15) is 5.76 Å². The number of hydrogen-bond donors (Lipinski definition) is 3. The van der Waals surface area contributed by atoms with E-state index in [1.165, 1.54) is 12.1 Å². The maximum Gasteiger partial charge on any atom is 0.273 e. The molecule has 0 fully saturated rings. The number of rotatable bonds is 4. The van der Waals surface area contributed by atoms with Crippen LogP contribution < -0.4 is 5.32 Å². The van der Waals surface area contributed by atoms with E-state index in [9.17, 15) is 15.0 Å². The first-order valence-corrected chi connectivity index (χ1v) is 6.20. The average molecular weight is 276 g/mol. The third-order valence-electron chi connectivity index (χ3n) is 2.97. The van der Waals surface area contributed by atoms with Crippen LogP contribution in [0, 0.1) is 13.8 Å². The first-order chi connectivity index (χ1) is 9.47. The van der Waals surface area contributed by atoms with Gasteiger partial charge in [0, 0.05) is 12.6 Å². The Morgan fingerprint density at radius 1 is 1.25 bits per heavy atom. The molecular formula is C14H16N2O4. The van der Waals surface area contributed by atoms with Crippen molar-refractivity contribution in [3.8, 4) is 11.5 Å². The number of benzene rings is 1. The highest BCUT2D eigenvalue weighted by Crippen LogP contribution is 2.27. The minimum Gasteiger partial charge on any atom is -0.504 e. The lowest BCUT2D eigenvalue weighted by Gasteiger charge is -2.08. The number of nitrogens with one attached hydrogen (secondary N) is 1. The number of phenols is 2. The molecule has 0 saturated heterocycles. The molecule has 0 spiro atoms. The highest BCUT2D eigenvalue weighted by molar-refractivity contribution is 5.92. The second-order valence-corrected chi connectivity index (χ2v) is 4.60. The van der Waals surface area contributed by atoms with Crippen LogP contribution in [0.5, 0.6) is 11.5 Å². The molecule has 6 nitrogen and oxygen atoms in total. The van der Waals surface area contributed by atoms with Crippen LogP contribution >= 0.6 is 0 Å². The highest BCUT2D eigenvalue weighted by atomic mass is 16.5. The van der Waals surface area contributed by atoms with E-state index < -0.39 is 0 Å². The Morgan fingerprint density at radius 3 is 2.60 bits per heavy atom. The average Bonchev–Trinajstić information content (AvgIpc) is 2.82. The number of aromatic hydroxyl groups is 2. The maximum atomic E-state index is 11.7. The second kappa shape index (κ2) is 5.64. The molecule has 1 heterocycles. The molecule has 1 aromatic carbocycles. The minimum absolute atomic E-state index is 0.145. The molecule has 0 saturated carbocycles. The number of aromatic nitrogens is 1. The van der Waals surface area contributed by atoms with Crippen LogP contribution in [0.2, 0.25) is 0 Å². The highest BCUT2D eigenvalue weighted by Gasteiger charge is 2.11. The molecule has 6 heteroatoms. The molecule has 2 rings (SSSR count). The fraction of sp³-hybridized carbons (Fsp3) is 0.286. The van der Waals surface area contributed by atoms with Crippen molar-refractivity contribution in [2.45, 2.75) is 20.3 Å². The van der Waals surface area contributed by atoms with Gasteiger partial charge in [0.15, 0.2) is 17.2 Å². The van der Waals surface area contributed by atoms with E-state index in [4.69, 9.17) is 4.52 Å². The largest absolute Gasteiger partial charge is 0.504 e. The van der Waals surface area contributed by atoms with Crippen LogP contribution in [-0.4, -0.2) is 27.8 Å². The van der Waals surface area contributed by atoms with Gasteiger partial charge in [0.25, 0.3) is 5.91 Å². The van der Waals surface area contributed by atoms with E-state index in [0.29, 0.717) is 18.7 Å². The van der Waals surface area contributed by atoms with Gasteiger partial charge >= 0.3 is 0 Å². The van der Waals surface area contributed by atoms with Crippen molar-refractivity contribution in [3.05, 3.63) is 40.8 Å². The Balaban J connectivity index is 1.93. The summed E-state index contributed by atoms with van der Waals surface area (Å²) >= 11 is 0. The Labute approximate surface area is 116 Å². The van der Waals surface area contributed by atoms with Crippen LogP contribution in [0.1, 0.15) is 27.4 Å². The van der Waals surface area contributed by atoms with Crippen molar-refractivity contribution >= 4 is 5.91 Å². The molecule has 20 heavy (non-hydrogen) atoms. The van der Waals surface area contributed by atoms with Crippen molar-refractivity contribution in [1.29, 1.82) is 0 Å². The predicted octanol–water partition coefficient (Wildman–Crippen LogP) is 1.68. The minimum atomic E-state index is -0.303. The molecule has 2 aromatic rings. The van der Waals surface area contributed by atoms with Gasteiger partial charge in [0.05, 0.1) is 0 Å².